The molecule has 0 saturated carbocycles. The van der Waals surface area contributed by atoms with Crippen LogP contribution in [0.3, 0.4) is 0 Å². The van der Waals surface area contributed by atoms with E-state index >= 15 is 0 Å². The van der Waals surface area contributed by atoms with Gasteiger partial charge in [-0.2, -0.15) is 0 Å². The summed E-state index contributed by atoms with van der Waals surface area (Å²) in [5.74, 6) is 3.43. The van der Waals surface area contributed by atoms with Crippen LogP contribution in [0.15, 0.2) is 170 Å². The minimum absolute atomic E-state index is 0.0264. The second kappa shape index (κ2) is 11.5. The zero-order valence-electron chi connectivity index (χ0n) is 28.6. The highest BCUT2D eigenvalue weighted by atomic mass is 16.5. The van der Waals surface area contributed by atoms with E-state index in [1.54, 1.807) is 0 Å². The van der Waals surface area contributed by atoms with E-state index in [4.69, 9.17) is 8.85 Å². The van der Waals surface area contributed by atoms with Crippen molar-refractivity contribution in [2.24, 2.45) is 0 Å². The Labute approximate surface area is 276 Å². The van der Waals surface area contributed by atoms with Crippen LogP contribution in [0, 0.1) is 0 Å². The van der Waals surface area contributed by atoms with Gasteiger partial charge in [0.1, 0.15) is 11.5 Å². The predicted molar refractivity (Wildman–Crippen MR) is 195 cm³/mol. The summed E-state index contributed by atoms with van der Waals surface area (Å²) in [5, 5.41) is 0. The Kier molecular flexibility index (Phi) is 6.22. The average Bonchev–Trinajstić information content (AvgIpc) is 3.15. The van der Waals surface area contributed by atoms with Crippen LogP contribution < -0.4 is 25.2 Å². The standard InChI is InChI=1S/C41H34B2N2O/c1-41(2)37-25-12-13-27-39(37)46-40-36(24-15-26-38(40)41)31-16-14-19-33(30-31)43-44(34-20-8-4-9-21-34)29-28-42(32-17-6-3-7-18-32)45(43)35-22-10-5-11-23-35/h3-30H,1-2H3/i1D3. The van der Waals surface area contributed by atoms with Gasteiger partial charge in [-0.25, -0.2) is 0 Å². The molecule has 6 aromatic rings. The number of anilines is 2. The molecule has 0 aromatic heterocycles. The molecule has 0 aliphatic carbocycles. The van der Waals surface area contributed by atoms with Crippen molar-refractivity contribution in [3.63, 3.8) is 0 Å². The van der Waals surface area contributed by atoms with Crippen LogP contribution in [0.1, 0.15) is 29.0 Å². The van der Waals surface area contributed by atoms with Gasteiger partial charge >= 0.3 is 13.8 Å². The lowest BCUT2D eigenvalue weighted by Crippen LogP contribution is -2.68. The molecule has 0 bridgehead atoms. The maximum absolute atomic E-state index is 8.69. The van der Waals surface area contributed by atoms with E-state index in [2.05, 4.69) is 131 Å². The Balaban J connectivity index is 1.32. The Hall–Kier alpha value is -5.41. The van der Waals surface area contributed by atoms with Gasteiger partial charge in [0.2, 0.25) is 0 Å². The normalized spacial score (nSPS) is 18.2. The summed E-state index contributed by atoms with van der Waals surface area (Å²) in [4.78, 5) is 2.32. The molecule has 5 heteroatoms. The lowest BCUT2D eigenvalue weighted by Gasteiger charge is -2.44. The van der Waals surface area contributed by atoms with Gasteiger partial charge in [0.15, 0.2) is 0 Å². The van der Waals surface area contributed by atoms with Gasteiger partial charge in [-0.1, -0.05) is 153 Å². The molecule has 8 rings (SSSR count). The van der Waals surface area contributed by atoms with Crippen LogP contribution in [-0.2, 0) is 5.41 Å². The lowest BCUT2D eigenvalue weighted by molar-refractivity contribution is 0.419. The van der Waals surface area contributed by atoms with Crippen LogP contribution in [0.5, 0.6) is 11.5 Å². The molecule has 2 heterocycles. The second-order valence-electron chi connectivity index (χ2n) is 12.1. The van der Waals surface area contributed by atoms with Gasteiger partial charge in [0, 0.05) is 37.6 Å². The number of para-hydroxylation sites is 4. The van der Waals surface area contributed by atoms with E-state index in [-0.39, 0.29) is 13.8 Å². The van der Waals surface area contributed by atoms with Crippen molar-refractivity contribution in [1.82, 2.24) is 0 Å². The minimum Gasteiger partial charge on any atom is -0.456 e. The van der Waals surface area contributed by atoms with E-state index < -0.39 is 12.3 Å². The number of ether oxygens (including phenoxy) is 1. The molecule has 0 spiro atoms. The van der Waals surface area contributed by atoms with E-state index in [0.717, 1.165) is 28.0 Å². The zero-order chi connectivity index (χ0) is 33.6. The predicted octanol–water partition coefficient (Wildman–Crippen LogP) is 8.46. The molecule has 2 aliphatic heterocycles. The molecule has 3 nitrogen and oxygen atoms in total. The summed E-state index contributed by atoms with van der Waals surface area (Å²) < 4.78 is 35.1. The number of hydrogen-bond acceptors (Lipinski definition) is 3. The van der Waals surface area contributed by atoms with Crippen molar-refractivity contribution in [3.05, 3.63) is 181 Å². The topological polar surface area (TPSA) is 15.7 Å². The number of nitrogens with zero attached hydrogens (tertiary/aromatic N) is 2. The molecule has 1 unspecified atom stereocenters. The number of fused-ring (bicyclic) bond motifs is 2. The molecule has 2 aliphatic rings. The maximum Gasteiger partial charge on any atom is 0.403 e. The van der Waals surface area contributed by atoms with E-state index in [9.17, 15) is 0 Å². The average molecular weight is 595 g/mol. The fourth-order valence-electron chi connectivity index (χ4n) is 6.97. The van der Waals surface area contributed by atoms with E-state index in [0.29, 0.717) is 22.6 Å². The molecular weight excluding hydrogens is 558 g/mol. The summed E-state index contributed by atoms with van der Waals surface area (Å²) in [7, 11) is 0. The summed E-state index contributed by atoms with van der Waals surface area (Å²) in [5.41, 5.74) is 6.36. The minimum atomic E-state index is -2.30. The van der Waals surface area contributed by atoms with Crippen molar-refractivity contribution >= 4 is 36.1 Å². The third-order valence-electron chi connectivity index (χ3n) is 9.19. The first-order valence-corrected chi connectivity index (χ1v) is 15.8. The molecule has 1 atom stereocenters. The van der Waals surface area contributed by atoms with Crippen LogP contribution in [0.2, 0.25) is 0 Å². The third-order valence-corrected chi connectivity index (χ3v) is 9.19. The maximum atomic E-state index is 8.69. The van der Waals surface area contributed by atoms with Crippen molar-refractivity contribution in [2.75, 3.05) is 9.53 Å². The largest absolute Gasteiger partial charge is 0.456 e. The monoisotopic (exact) mass is 595 g/mol. The quantitative estimate of drug-likeness (QED) is 0.186. The van der Waals surface area contributed by atoms with Gasteiger partial charge in [-0.05, 0) is 47.6 Å². The molecule has 0 fully saturated rings. The first-order chi connectivity index (χ1) is 23.8. The Morgan fingerprint density at radius 2 is 1.26 bits per heavy atom. The highest BCUT2D eigenvalue weighted by Gasteiger charge is 2.42. The van der Waals surface area contributed by atoms with E-state index in [1.807, 2.05) is 55.5 Å². The molecule has 46 heavy (non-hydrogen) atoms. The first kappa shape index (κ1) is 24.9. The van der Waals surface area contributed by atoms with Crippen molar-refractivity contribution < 1.29 is 8.85 Å². The van der Waals surface area contributed by atoms with Gasteiger partial charge in [0.05, 0.1) is 0 Å². The number of benzene rings is 6. The van der Waals surface area contributed by atoms with Crippen LogP contribution in [-0.4, -0.2) is 13.8 Å². The van der Waals surface area contributed by atoms with Gasteiger partial charge in [-0.15, -0.1) is 0 Å². The first-order valence-electron chi connectivity index (χ1n) is 17.3. The smallest absolute Gasteiger partial charge is 0.403 e. The summed E-state index contributed by atoms with van der Waals surface area (Å²) in [6.07, 6.45) is 2.20. The van der Waals surface area contributed by atoms with Gasteiger partial charge in [-0.3, -0.25) is 0 Å². The number of hydrogen-bond donors (Lipinski definition) is 0. The van der Waals surface area contributed by atoms with Crippen LogP contribution >= 0.6 is 0 Å². The second-order valence-corrected chi connectivity index (χ2v) is 12.1. The highest BCUT2D eigenvalue weighted by Crippen LogP contribution is 2.51. The van der Waals surface area contributed by atoms with Gasteiger partial charge in [0.25, 0.3) is 0 Å². The van der Waals surface area contributed by atoms with Crippen LogP contribution in [0.4, 0.5) is 11.4 Å². The molecular formula is C41H34B2N2O. The van der Waals surface area contributed by atoms with Crippen LogP contribution in [0.25, 0.3) is 11.1 Å². The molecule has 0 saturated heterocycles. The lowest BCUT2D eigenvalue weighted by atomic mass is 9.43. The zero-order valence-corrected chi connectivity index (χ0v) is 25.6. The molecule has 6 aromatic carbocycles. The molecule has 0 amide bonds. The van der Waals surface area contributed by atoms with Crippen molar-refractivity contribution in [2.45, 2.75) is 19.2 Å². The highest BCUT2D eigenvalue weighted by molar-refractivity contribution is 6.99. The Morgan fingerprint density at radius 1 is 0.630 bits per heavy atom. The SMILES string of the molecule is [2H]C([2H])([2H])C1(C)c2ccccc2Oc2c(-c3cccc(B4N(c5ccccc5)C=CB(c5ccccc5)N4c4ccccc4)c3)cccc21. The molecule has 0 radical (unpaired) electrons. The fraction of sp³-hybridized carbons (Fsp3) is 0.0732. The third kappa shape index (κ3) is 4.80. The molecule has 0 N–H and O–H groups in total. The summed E-state index contributed by atoms with van der Waals surface area (Å²) in [6.45, 7) is -0.723. The van der Waals surface area contributed by atoms with Crippen molar-refractivity contribution in [1.29, 1.82) is 0 Å². The molecule has 220 valence electrons. The van der Waals surface area contributed by atoms with Crippen molar-refractivity contribution in [3.8, 4) is 22.6 Å². The van der Waals surface area contributed by atoms with Gasteiger partial charge < -0.3 is 14.3 Å². The Morgan fingerprint density at radius 3 is 2.02 bits per heavy atom. The number of rotatable bonds is 5. The summed E-state index contributed by atoms with van der Waals surface area (Å²) >= 11 is 0. The summed E-state index contributed by atoms with van der Waals surface area (Å²) in [6, 6.07) is 53.6. The van der Waals surface area contributed by atoms with E-state index in [1.165, 1.54) is 5.46 Å². The fourth-order valence-corrected chi connectivity index (χ4v) is 6.97. The Bertz CT molecular complexity index is 2140.